The largest absolute Gasteiger partial charge is 0.477 e. The standard InChI is InChI=1S/C50H91NO7/c1-6-8-10-12-14-16-18-20-22-23-24-25-26-27-29-30-32-34-36-38-40-48(52)57-45-46(44-56-43-42-47(50(54)55)51(3,4)5)58-49(53)41-39-37-35-33-31-28-21-19-17-15-13-11-9-7-2/h16,18,20,22,28,31,46-47H,6-15,17,19,21,23-27,29-30,32-45H2,1-5H3/p+1/b18-16+,22-20+,31-28+. The molecule has 1 N–H and O–H groups in total. The van der Waals surface area contributed by atoms with Crippen molar-refractivity contribution in [1.29, 1.82) is 0 Å². The van der Waals surface area contributed by atoms with Crippen LogP contribution in [0, 0.1) is 0 Å². The maximum Gasteiger partial charge on any atom is 0.362 e. The topological polar surface area (TPSA) is 99.1 Å². The van der Waals surface area contributed by atoms with Crippen molar-refractivity contribution in [2.24, 2.45) is 0 Å². The zero-order chi connectivity index (χ0) is 42.8. The number of esters is 2. The molecule has 0 saturated carbocycles. The number of carbonyl (C=O) groups is 3. The van der Waals surface area contributed by atoms with Gasteiger partial charge in [0.05, 0.1) is 34.4 Å². The molecule has 0 aliphatic rings. The minimum atomic E-state index is -0.877. The van der Waals surface area contributed by atoms with Gasteiger partial charge in [-0.25, -0.2) is 4.79 Å². The Labute approximate surface area is 357 Å². The molecular formula is C50H92NO7+. The van der Waals surface area contributed by atoms with E-state index in [1.165, 1.54) is 128 Å². The first-order valence-electron chi connectivity index (χ1n) is 24.0. The molecule has 338 valence electrons. The third-order valence-corrected chi connectivity index (χ3v) is 10.8. The van der Waals surface area contributed by atoms with Crippen LogP contribution in [0.4, 0.5) is 0 Å². The van der Waals surface area contributed by atoms with Crippen molar-refractivity contribution in [2.75, 3.05) is 41.0 Å². The second-order valence-corrected chi connectivity index (χ2v) is 17.4. The van der Waals surface area contributed by atoms with Gasteiger partial charge in [0.15, 0.2) is 12.1 Å². The van der Waals surface area contributed by atoms with E-state index in [0.717, 1.165) is 51.4 Å². The lowest BCUT2D eigenvalue weighted by Gasteiger charge is -2.31. The molecule has 0 spiro atoms. The number of ether oxygens (including phenoxy) is 3. The van der Waals surface area contributed by atoms with Crippen LogP contribution in [0.2, 0.25) is 0 Å². The summed E-state index contributed by atoms with van der Waals surface area (Å²) in [5.74, 6) is -1.49. The first-order valence-corrected chi connectivity index (χ1v) is 24.0. The van der Waals surface area contributed by atoms with Crippen LogP contribution in [0.5, 0.6) is 0 Å². The molecule has 0 aromatic rings. The molecule has 0 aliphatic heterocycles. The Kier molecular flexibility index (Phi) is 39.5. The van der Waals surface area contributed by atoms with Crippen LogP contribution in [0.1, 0.15) is 213 Å². The maximum atomic E-state index is 12.7. The summed E-state index contributed by atoms with van der Waals surface area (Å²) in [5.41, 5.74) is 0. The molecule has 0 heterocycles. The molecule has 2 atom stereocenters. The first kappa shape index (κ1) is 55.5. The van der Waals surface area contributed by atoms with Crippen molar-refractivity contribution in [3.63, 3.8) is 0 Å². The monoisotopic (exact) mass is 819 g/mol. The lowest BCUT2D eigenvalue weighted by Crippen LogP contribution is -2.50. The summed E-state index contributed by atoms with van der Waals surface area (Å²) in [6.45, 7) is 4.71. The van der Waals surface area contributed by atoms with Crippen LogP contribution in [0.15, 0.2) is 36.5 Å². The molecule has 2 unspecified atom stereocenters. The number of carboxylic acids is 1. The molecule has 8 nitrogen and oxygen atoms in total. The van der Waals surface area contributed by atoms with Gasteiger partial charge in [-0.1, -0.05) is 166 Å². The fourth-order valence-corrected chi connectivity index (χ4v) is 7.02. The predicted octanol–water partition coefficient (Wildman–Crippen LogP) is 13.4. The fraction of sp³-hybridized carbons (Fsp3) is 0.820. The van der Waals surface area contributed by atoms with E-state index in [2.05, 4.69) is 50.3 Å². The zero-order valence-corrected chi connectivity index (χ0v) is 38.5. The van der Waals surface area contributed by atoms with E-state index in [-0.39, 0.29) is 36.2 Å². The highest BCUT2D eigenvalue weighted by Gasteiger charge is 2.31. The predicted molar refractivity (Wildman–Crippen MR) is 243 cm³/mol. The average Bonchev–Trinajstić information content (AvgIpc) is 3.18. The zero-order valence-electron chi connectivity index (χ0n) is 38.5. The number of hydrogen-bond donors (Lipinski definition) is 1. The number of nitrogens with zero attached hydrogens (tertiary/aromatic N) is 1. The molecule has 0 aromatic heterocycles. The Hall–Kier alpha value is -2.45. The molecule has 0 saturated heterocycles. The minimum absolute atomic E-state index is 0.0555. The van der Waals surface area contributed by atoms with Gasteiger partial charge in [0, 0.05) is 19.3 Å². The van der Waals surface area contributed by atoms with Gasteiger partial charge in [-0.3, -0.25) is 9.59 Å². The van der Waals surface area contributed by atoms with Gasteiger partial charge in [0.2, 0.25) is 0 Å². The van der Waals surface area contributed by atoms with Crippen LogP contribution in [-0.4, -0.2) is 80.6 Å². The summed E-state index contributed by atoms with van der Waals surface area (Å²) in [5, 5.41) is 9.63. The van der Waals surface area contributed by atoms with Gasteiger partial charge in [-0.2, -0.15) is 0 Å². The Morgan fingerprint density at radius 2 is 0.914 bits per heavy atom. The number of rotatable bonds is 43. The molecule has 0 aromatic carbocycles. The lowest BCUT2D eigenvalue weighted by atomic mass is 10.1. The molecule has 0 rings (SSSR count). The molecule has 0 bridgehead atoms. The van der Waals surface area contributed by atoms with Crippen molar-refractivity contribution in [2.45, 2.75) is 225 Å². The summed E-state index contributed by atoms with van der Waals surface area (Å²) < 4.78 is 17.3. The Balaban J connectivity index is 4.28. The number of hydrogen-bond acceptors (Lipinski definition) is 6. The van der Waals surface area contributed by atoms with Crippen LogP contribution >= 0.6 is 0 Å². The third-order valence-electron chi connectivity index (χ3n) is 10.8. The van der Waals surface area contributed by atoms with E-state index in [0.29, 0.717) is 19.3 Å². The lowest BCUT2D eigenvalue weighted by molar-refractivity contribution is -0.887. The number of carbonyl (C=O) groups excluding carboxylic acids is 2. The van der Waals surface area contributed by atoms with E-state index in [1.54, 1.807) is 0 Å². The van der Waals surface area contributed by atoms with E-state index < -0.39 is 18.1 Å². The van der Waals surface area contributed by atoms with Crippen molar-refractivity contribution in [3.05, 3.63) is 36.5 Å². The highest BCUT2D eigenvalue weighted by molar-refractivity contribution is 5.72. The summed E-state index contributed by atoms with van der Waals surface area (Å²) in [6, 6.07) is -0.617. The second kappa shape index (κ2) is 41.3. The molecule has 0 fully saturated rings. The number of unbranched alkanes of at least 4 members (excludes halogenated alkanes) is 24. The van der Waals surface area contributed by atoms with Gasteiger partial charge >= 0.3 is 17.9 Å². The van der Waals surface area contributed by atoms with E-state index in [1.807, 2.05) is 21.1 Å². The van der Waals surface area contributed by atoms with Crippen molar-refractivity contribution < 1.29 is 38.2 Å². The van der Waals surface area contributed by atoms with Gasteiger partial charge in [-0.15, -0.1) is 0 Å². The Bertz CT molecular complexity index is 1050. The smallest absolute Gasteiger partial charge is 0.362 e. The van der Waals surface area contributed by atoms with Crippen LogP contribution in [-0.2, 0) is 28.6 Å². The summed E-state index contributed by atoms with van der Waals surface area (Å²) in [4.78, 5) is 37.0. The second-order valence-electron chi connectivity index (χ2n) is 17.4. The van der Waals surface area contributed by atoms with Crippen molar-refractivity contribution in [3.8, 4) is 0 Å². The van der Waals surface area contributed by atoms with Crippen LogP contribution < -0.4 is 0 Å². The number of likely N-dealkylation sites (N-methyl/N-ethyl adjacent to an activating group) is 1. The van der Waals surface area contributed by atoms with Gasteiger partial charge < -0.3 is 23.8 Å². The maximum absolute atomic E-state index is 12.7. The number of aliphatic carboxylic acids is 1. The summed E-state index contributed by atoms with van der Waals surface area (Å²) >= 11 is 0. The third kappa shape index (κ3) is 39.0. The quantitative estimate of drug-likeness (QED) is 0.0215. The normalized spacial score (nSPS) is 13.2. The van der Waals surface area contributed by atoms with Crippen LogP contribution in [0.25, 0.3) is 0 Å². The highest BCUT2D eigenvalue weighted by atomic mass is 16.6. The molecule has 58 heavy (non-hydrogen) atoms. The van der Waals surface area contributed by atoms with Gasteiger partial charge in [-0.05, 0) is 64.2 Å². The molecule has 0 amide bonds. The number of carboxylic acid groups (broad SMARTS) is 1. The molecule has 8 heteroatoms. The van der Waals surface area contributed by atoms with E-state index in [9.17, 15) is 19.5 Å². The first-order chi connectivity index (χ1) is 28.1. The van der Waals surface area contributed by atoms with Gasteiger partial charge in [0.1, 0.15) is 6.61 Å². The van der Waals surface area contributed by atoms with Crippen LogP contribution in [0.3, 0.4) is 0 Å². The fourth-order valence-electron chi connectivity index (χ4n) is 7.02. The molecule has 0 aliphatic carbocycles. The van der Waals surface area contributed by atoms with E-state index >= 15 is 0 Å². The average molecular weight is 819 g/mol. The van der Waals surface area contributed by atoms with Gasteiger partial charge in [0.25, 0.3) is 0 Å². The molecular weight excluding hydrogens is 727 g/mol. The number of allylic oxidation sites excluding steroid dienone is 6. The minimum Gasteiger partial charge on any atom is -0.477 e. The summed E-state index contributed by atoms with van der Waals surface area (Å²) in [7, 11) is 5.53. The Morgan fingerprint density at radius 1 is 0.517 bits per heavy atom. The van der Waals surface area contributed by atoms with Crippen molar-refractivity contribution >= 4 is 17.9 Å². The van der Waals surface area contributed by atoms with E-state index in [4.69, 9.17) is 14.2 Å². The molecule has 0 radical (unpaired) electrons. The summed E-state index contributed by atoms with van der Waals surface area (Å²) in [6.07, 6.45) is 47.6. The van der Waals surface area contributed by atoms with Crippen molar-refractivity contribution in [1.82, 2.24) is 0 Å². The SMILES string of the molecule is CCCCCC/C=C/C=C/CCCCCCCCCCCCC(=O)OCC(COCCC(C(=O)O)[N+](C)(C)C)OC(=O)CCCCC/C=C/CCCCCCCCC. The highest BCUT2D eigenvalue weighted by Crippen LogP contribution is 2.15. The number of quaternary nitrogens is 1. The Morgan fingerprint density at radius 3 is 1.38 bits per heavy atom.